The Morgan fingerprint density at radius 2 is 2.22 bits per heavy atom. The van der Waals surface area contributed by atoms with Gasteiger partial charge >= 0.3 is 0 Å². The molecule has 0 aromatic carbocycles. The first-order chi connectivity index (χ1) is 11.0. The Kier molecular flexibility index (Phi) is 4.33. The molecular weight excluding hydrogens is 318 g/mol. The zero-order chi connectivity index (χ0) is 16.4. The Labute approximate surface area is 138 Å². The zero-order valence-corrected chi connectivity index (χ0v) is 13.7. The fourth-order valence-electron chi connectivity index (χ4n) is 2.36. The monoisotopic (exact) mass is 335 g/mol. The molecule has 8 nitrogen and oxygen atoms in total. The largest absolute Gasteiger partial charge is 0.368 e. The Bertz CT molecular complexity index is 711. The van der Waals surface area contributed by atoms with Crippen LogP contribution in [-0.4, -0.2) is 50.2 Å². The Balaban J connectivity index is 1.59. The summed E-state index contributed by atoms with van der Waals surface area (Å²) in [6.07, 6.45) is 5.07. The minimum Gasteiger partial charge on any atom is -0.368 e. The number of hydrogen-bond donors (Lipinski definition) is 2. The number of amides is 1. The van der Waals surface area contributed by atoms with Crippen LogP contribution in [0.4, 0.5) is 17.5 Å². The molecule has 2 N–H and O–H groups in total. The highest BCUT2D eigenvalue weighted by molar-refractivity contribution is 6.32. The lowest BCUT2D eigenvalue weighted by Gasteiger charge is -2.38. The van der Waals surface area contributed by atoms with Crippen molar-refractivity contribution in [2.75, 3.05) is 30.3 Å². The average molecular weight is 336 g/mol. The quantitative estimate of drug-likeness (QED) is 0.861. The van der Waals surface area contributed by atoms with E-state index in [1.165, 1.54) is 0 Å². The molecule has 3 rings (SSSR count). The Morgan fingerprint density at radius 1 is 1.43 bits per heavy atom. The Hall–Kier alpha value is -2.35. The summed E-state index contributed by atoms with van der Waals surface area (Å²) in [5.74, 6) is 1.56. The number of anilines is 3. The van der Waals surface area contributed by atoms with Crippen LogP contribution in [-0.2, 0) is 11.8 Å². The van der Waals surface area contributed by atoms with Crippen LogP contribution in [0.15, 0.2) is 18.6 Å². The highest BCUT2D eigenvalue weighted by atomic mass is 35.5. The lowest BCUT2D eigenvalue weighted by Crippen LogP contribution is -2.51. The van der Waals surface area contributed by atoms with Crippen molar-refractivity contribution in [3.05, 3.63) is 23.6 Å². The number of aromatic nitrogens is 4. The van der Waals surface area contributed by atoms with Gasteiger partial charge in [0.25, 0.3) is 0 Å². The van der Waals surface area contributed by atoms with Crippen LogP contribution >= 0.6 is 11.6 Å². The molecule has 2 aromatic rings. The molecule has 1 fully saturated rings. The number of rotatable bonds is 5. The zero-order valence-electron chi connectivity index (χ0n) is 13.0. The number of carbonyl (C=O) groups is 1. The summed E-state index contributed by atoms with van der Waals surface area (Å²) < 4.78 is 1.69. The molecule has 9 heteroatoms. The van der Waals surface area contributed by atoms with Crippen LogP contribution in [0.2, 0.25) is 5.02 Å². The highest BCUT2D eigenvalue weighted by Crippen LogP contribution is 2.23. The molecule has 0 unspecified atom stereocenters. The molecule has 0 radical (unpaired) electrons. The third kappa shape index (κ3) is 3.70. The number of nitrogens with one attached hydrogen (secondary N) is 2. The first kappa shape index (κ1) is 15.5. The van der Waals surface area contributed by atoms with Gasteiger partial charge in [-0.05, 0) is 0 Å². The van der Waals surface area contributed by atoms with Gasteiger partial charge in [0.05, 0.1) is 18.1 Å². The number of halogens is 1. The van der Waals surface area contributed by atoms with E-state index < -0.39 is 0 Å². The van der Waals surface area contributed by atoms with Gasteiger partial charge in [-0.2, -0.15) is 10.1 Å². The van der Waals surface area contributed by atoms with E-state index in [4.69, 9.17) is 11.6 Å². The number of hydrogen-bond acceptors (Lipinski definition) is 6. The molecule has 0 atom stereocenters. The number of aryl methyl sites for hydroxylation is 1. The molecule has 1 saturated heterocycles. The summed E-state index contributed by atoms with van der Waals surface area (Å²) in [6, 6.07) is 0. The topological polar surface area (TPSA) is 88.0 Å². The van der Waals surface area contributed by atoms with E-state index >= 15 is 0 Å². The van der Waals surface area contributed by atoms with E-state index in [1.54, 1.807) is 24.0 Å². The van der Waals surface area contributed by atoms with Crippen LogP contribution < -0.4 is 10.6 Å². The first-order valence-corrected chi connectivity index (χ1v) is 7.66. The molecule has 1 aliphatic rings. The van der Waals surface area contributed by atoms with Gasteiger partial charge in [-0.15, -0.1) is 0 Å². The molecule has 0 spiro atoms. The van der Waals surface area contributed by atoms with Gasteiger partial charge in [-0.1, -0.05) is 11.6 Å². The molecule has 0 saturated carbocycles. The summed E-state index contributed by atoms with van der Waals surface area (Å²) in [7, 11) is 1.84. The van der Waals surface area contributed by atoms with Crippen molar-refractivity contribution in [2.45, 2.75) is 6.92 Å². The van der Waals surface area contributed by atoms with Gasteiger partial charge in [0, 0.05) is 45.7 Å². The summed E-state index contributed by atoms with van der Waals surface area (Å²) in [6.45, 7) is 3.84. The van der Waals surface area contributed by atoms with Crippen molar-refractivity contribution in [1.29, 1.82) is 0 Å². The standard InChI is InChI=1S/C14H18ClN7O/c1-9(23)22-6-10(7-22)3-16-13-12(15)5-17-14(20-13)19-11-4-18-21(2)8-11/h4-5,8,10H,3,6-7H2,1-2H3,(H2,16,17,19,20). The fraction of sp³-hybridized carbons (Fsp3) is 0.429. The predicted molar refractivity (Wildman–Crippen MR) is 87.8 cm³/mol. The maximum Gasteiger partial charge on any atom is 0.229 e. The third-order valence-corrected chi connectivity index (χ3v) is 3.94. The average Bonchev–Trinajstić information content (AvgIpc) is 2.85. The van der Waals surface area contributed by atoms with Crippen molar-refractivity contribution in [1.82, 2.24) is 24.6 Å². The number of nitrogens with zero attached hydrogens (tertiary/aromatic N) is 5. The van der Waals surface area contributed by atoms with E-state index in [0.717, 1.165) is 18.8 Å². The van der Waals surface area contributed by atoms with E-state index in [0.29, 0.717) is 29.3 Å². The summed E-state index contributed by atoms with van der Waals surface area (Å²) in [4.78, 5) is 21.5. The van der Waals surface area contributed by atoms with E-state index in [1.807, 2.05) is 18.1 Å². The maximum atomic E-state index is 11.2. The molecular formula is C14H18ClN7O. The lowest BCUT2D eigenvalue weighted by molar-refractivity contribution is -0.134. The molecule has 3 heterocycles. The lowest BCUT2D eigenvalue weighted by atomic mass is 10.0. The van der Waals surface area contributed by atoms with Gasteiger partial charge < -0.3 is 15.5 Å². The molecule has 1 amide bonds. The van der Waals surface area contributed by atoms with Crippen molar-refractivity contribution in [3.8, 4) is 0 Å². The summed E-state index contributed by atoms with van der Waals surface area (Å²) in [5.41, 5.74) is 0.803. The second-order valence-corrected chi connectivity index (χ2v) is 6.00. The van der Waals surface area contributed by atoms with Crippen LogP contribution in [0.5, 0.6) is 0 Å². The van der Waals surface area contributed by atoms with Crippen molar-refractivity contribution >= 4 is 35.0 Å². The van der Waals surface area contributed by atoms with E-state index in [-0.39, 0.29) is 5.91 Å². The van der Waals surface area contributed by atoms with Crippen molar-refractivity contribution < 1.29 is 4.79 Å². The van der Waals surface area contributed by atoms with Crippen LogP contribution in [0.1, 0.15) is 6.92 Å². The predicted octanol–water partition coefficient (Wildman–Crippen LogP) is 1.50. The van der Waals surface area contributed by atoms with Gasteiger partial charge in [0.1, 0.15) is 5.02 Å². The van der Waals surface area contributed by atoms with Gasteiger partial charge in [0.15, 0.2) is 5.82 Å². The van der Waals surface area contributed by atoms with Gasteiger partial charge in [-0.3, -0.25) is 9.48 Å². The molecule has 2 aromatic heterocycles. The maximum absolute atomic E-state index is 11.2. The molecule has 0 bridgehead atoms. The number of carbonyl (C=O) groups excluding carboxylic acids is 1. The number of likely N-dealkylation sites (tertiary alicyclic amines) is 1. The third-order valence-electron chi connectivity index (χ3n) is 3.67. The Morgan fingerprint density at radius 3 is 2.87 bits per heavy atom. The molecule has 122 valence electrons. The van der Waals surface area contributed by atoms with Crippen LogP contribution in [0.25, 0.3) is 0 Å². The second-order valence-electron chi connectivity index (χ2n) is 5.59. The van der Waals surface area contributed by atoms with E-state index in [2.05, 4.69) is 25.7 Å². The first-order valence-electron chi connectivity index (χ1n) is 7.29. The fourth-order valence-corrected chi connectivity index (χ4v) is 2.52. The molecule has 23 heavy (non-hydrogen) atoms. The van der Waals surface area contributed by atoms with Gasteiger partial charge in [0.2, 0.25) is 11.9 Å². The minimum atomic E-state index is 0.115. The van der Waals surface area contributed by atoms with Crippen LogP contribution in [0.3, 0.4) is 0 Å². The van der Waals surface area contributed by atoms with Crippen molar-refractivity contribution in [2.24, 2.45) is 13.0 Å². The van der Waals surface area contributed by atoms with Gasteiger partial charge in [-0.25, -0.2) is 4.98 Å². The van der Waals surface area contributed by atoms with Crippen LogP contribution in [0, 0.1) is 5.92 Å². The molecule has 1 aliphatic heterocycles. The smallest absolute Gasteiger partial charge is 0.229 e. The summed E-state index contributed by atoms with van der Waals surface area (Å²) >= 11 is 6.13. The second kappa shape index (κ2) is 6.41. The SMILES string of the molecule is CC(=O)N1CC(CNc2nc(Nc3cnn(C)c3)ncc2Cl)C1. The molecule has 0 aliphatic carbocycles. The normalized spacial score (nSPS) is 14.5. The van der Waals surface area contributed by atoms with Crippen molar-refractivity contribution in [3.63, 3.8) is 0 Å². The van der Waals surface area contributed by atoms with E-state index in [9.17, 15) is 4.79 Å². The summed E-state index contributed by atoms with van der Waals surface area (Å²) in [5, 5.41) is 10.8. The highest BCUT2D eigenvalue weighted by Gasteiger charge is 2.28. The minimum absolute atomic E-state index is 0.115.